The number of amides is 1. The van der Waals surface area contributed by atoms with Gasteiger partial charge in [0.25, 0.3) is 5.91 Å². The Kier molecular flexibility index (Phi) is 6.23. The van der Waals surface area contributed by atoms with E-state index in [9.17, 15) is 4.79 Å². The first-order valence-electron chi connectivity index (χ1n) is 9.63. The molecule has 0 fully saturated rings. The number of nitrogens with one attached hydrogen (secondary N) is 1. The second-order valence-corrected chi connectivity index (χ2v) is 7.91. The number of ether oxygens (including phenoxy) is 2. The number of methoxy groups -OCH3 is 1. The Morgan fingerprint density at radius 3 is 2.24 bits per heavy atom. The summed E-state index contributed by atoms with van der Waals surface area (Å²) < 4.78 is 11.4. The molecule has 3 aromatic carbocycles. The minimum atomic E-state index is -0.172. The number of para-hydroxylation sites is 1. The molecule has 29 heavy (non-hydrogen) atoms. The molecule has 3 aromatic rings. The van der Waals surface area contributed by atoms with Gasteiger partial charge in [0.2, 0.25) is 0 Å². The van der Waals surface area contributed by atoms with E-state index < -0.39 is 0 Å². The molecule has 4 nitrogen and oxygen atoms in total. The Hall–Kier alpha value is -3.27. The molecule has 0 saturated carbocycles. The van der Waals surface area contributed by atoms with Crippen molar-refractivity contribution in [2.24, 2.45) is 0 Å². The normalized spacial score (nSPS) is 11.0. The van der Waals surface area contributed by atoms with Crippen molar-refractivity contribution in [3.8, 4) is 11.5 Å². The highest BCUT2D eigenvalue weighted by atomic mass is 16.5. The minimum absolute atomic E-state index is 0.0994. The summed E-state index contributed by atoms with van der Waals surface area (Å²) in [5.41, 5.74) is 3.47. The van der Waals surface area contributed by atoms with E-state index in [-0.39, 0.29) is 11.3 Å². The maximum atomic E-state index is 12.6. The summed E-state index contributed by atoms with van der Waals surface area (Å²) in [5, 5.41) is 2.90. The lowest BCUT2D eigenvalue weighted by Crippen LogP contribution is -2.13. The fourth-order valence-electron chi connectivity index (χ4n) is 2.97. The van der Waals surface area contributed by atoms with Gasteiger partial charge in [-0.15, -0.1) is 0 Å². The lowest BCUT2D eigenvalue weighted by molar-refractivity contribution is 0.102. The molecule has 0 aromatic heterocycles. The van der Waals surface area contributed by atoms with E-state index in [0.29, 0.717) is 17.9 Å². The van der Waals surface area contributed by atoms with Crippen LogP contribution in [0.5, 0.6) is 11.5 Å². The average molecular weight is 389 g/mol. The van der Waals surface area contributed by atoms with E-state index in [1.807, 2.05) is 42.5 Å². The van der Waals surface area contributed by atoms with Crippen LogP contribution >= 0.6 is 0 Å². The molecule has 3 rings (SSSR count). The van der Waals surface area contributed by atoms with Gasteiger partial charge in [-0.25, -0.2) is 0 Å². The summed E-state index contributed by atoms with van der Waals surface area (Å²) in [5.74, 6) is 1.29. The van der Waals surface area contributed by atoms with Crippen molar-refractivity contribution < 1.29 is 14.3 Å². The standard InChI is InChI=1S/C25H27NO3/c1-25(2,3)20-11-13-22(14-12-20)29-17-19-16-18(10-15-23(19)28-4)24(27)26-21-8-6-5-7-9-21/h5-16H,17H2,1-4H3,(H,26,27). The molecule has 0 aliphatic heterocycles. The van der Waals surface area contributed by atoms with Gasteiger partial charge in [0.1, 0.15) is 18.1 Å². The molecule has 150 valence electrons. The third-order valence-electron chi connectivity index (χ3n) is 4.69. The van der Waals surface area contributed by atoms with Crippen LogP contribution < -0.4 is 14.8 Å². The Labute approximate surface area is 172 Å². The Balaban J connectivity index is 1.73. The smallest absolute Gasteiger partial charge is 0.255 e. The van der Waals surface area contributed by atoms with Gasteiger partial charge >= 0.3 is 0 Å². The maximum absolute atomic E-state index is 12.6. The summed E-state index contributed by atoms with van der Waals surface area (Å²) in [4.78, 5) is 12.6. The molecule has 0 atom stereocenters. The monoisotopic (exact) mass is 389 g/mol. The number of hydrogen-bond acceptors (Lipinski definition) is 3. The van der Waals surface area contributed by atoms with Gasteiger partial charge in [-0.3, -0.25) is 4.79 Å². The number of carbonyl (C=O) groups excluding carboxylic acids is 1. The summed E-state index contributed by atoms with van der Waals surface area (Å²) in [6, 6.07) is 22.8. The summed E-state index contributed by atoms with van der Waals surface area (Å²) in [6.45, 7) is 6.85. The zero-order valence-electron chi connectivity index (χ0n) is 17.4. The average Bonchev–Trinajstić information content (AvgIpc) is 2.72. The van der Waals surface area contributed by atoms with Gasteiger partial charge in [0, 0.05) is 16.8 Å². The molecule has 0 radical (unpaired) electrons. The van der Waals surface area contributed by atoms with Gasteiger partial charge in [-0.2, -0.15) is 0 Å². The molecule has 4 heteroatoms. The Morgan fingerprint density at radius 2 is 1.62 bits per heavy atom. The van der Waals surface area contributed by atoms with Gasteiger partial charge in [-0.05, 0) is 53.4 Å². The Morgan fingerprint density at radius 1 is 0.931 bits per heavy atom. The van der Waals surface area contributed by atoms with Gasteiger partial charge in [0.15, 0.2) is 0 Å². The summed E-state index contributed by atoms with van der Waals surface area (Å²) in [6.07, 6.45) is 0. The predicted octanol–water partition coefficient (Wildman–Crippen LogP) is 5.82. The van der Waals surface area contributed by atoms with Crippen LogP contribution in [0.2, 0.25) is 0 Å². The van der Waals surface area contributed by atoms with Crippen molar-refractivity contribution in [2.75, 3.05) is 12.4 Å². The highest BCUT2D eigenvalue weighted by Gasteiger charge is 2.14. The first kappa shape index (κ1) is 20.5. The van der Waals surface area contributed by atoms with Crippen molar-refractivity contribution in [3.05, 3.63) is 89.5 Å². The number of rotatable bonds is 6. The lowest BCUT2D eigenvalue weighted by Gasteiger charge is -2.19. The number of benzene rings is 3. The quantitative estimate of drug-likeness (QED) is 0.577. The zero-order chi connectivity index (χ0) is 20.9. The first-order chi connectivity index (χ1) is 13.9. The van der Waals surface area contributed by atoms with Crippen LogP contribution in [0.1, 0.15) is 42.3 Å². The van der Waals surface area contributed by atoms with E-state index in [1.165, 1.54) is 5.56 Å². The molecule has 0 bridgehead atoms. The van der Waals surface area contributed by atoms with Crippen LogP contribution in [0.15, 0.2) is 72.8 Å². The second kappa shape index (κ2) is 8.82. The molecular weight excluding hydrogens is 362 g/mol. The highest BCUT2D eigenvalue weighted by Crippen LogP contribution is 2.26. The van der Waals surface area contributed by atoms with Crippen LogP contribution in [0.3, 0.4) is 0 Å². The molecule has 0 unspecified atom stereocenters. The van der Waals surface area contributed by atoms with Crippen molar-refractivity contribution in [1.82, 2.24) is 0 Å². The number of anilines is 1. The SMILES string of the molecule is COc1ccc(C(=O)Nc2ccccc2)cc1COc1ccc(C(C)(C)C)cc1. The van der Waals surface area contributed by atoms with Crippen molar-refractivity contribution >= 4 is 11.6 Å². The Bertz CT molecular complexity index is 958. The van der Waals surface area contributed by atoms with E-state index in [2.05, 4.69) is 38.2 Å². The van der Waals surface area contributed by atoms with Crippen LogP contribution in [-0.4, -0.2) is 13.0 Å². The van der Waals surface area contributed by atoms with E-state index >= 15 is 0 Å². The van der Waals surface area contributed by atoms with Gasteiger partial charge < -0.3 is 14.8 Å². The predicted molar refractivity (Wildman–Crippen MR) is 117 cm³/mol. The molecule has 0 heterocycles. The molecule has 0 aliphatic carbocycles. The van der Waals surface area contributed by atoms with Crippen molar-refractivity contribution in [1.29, 1.82) is 0 Å². The first-order valence-corrected chi connectivity index (χ1v) is 9.63. The molecule has 0 saturated heterocycles. The molecule has 1 amide bonds. The van der Waals surface area contributed by atoms with E-state index in [4.69, 9.17) is 9.47 Å². The third kappa shape index (κ3) is 5.38. The maximum Gasteiger partial charge on any atom is 0.255 e. The van der Waals surface area contributed by atoms with Crippen molar-refractivity contribution in [3.63, 3.8) is 0 Å². The lowest BCUT2D eigenvalue weighted by atomic mass is 9.87. The largest absolute Gasteiger partial charge is 0.496 e. The second-order valence-electron chi connectivity index (χ2n) is 7.91. The van der Waals surface area contributed by atoms with Gasteiger partial charge in [-0.1, -0.05) is 51.1 Å². The zero-order valence-corrected chi connectivity index (χ0v) is 17.4. The van der Waals surface area contributed by atoms with E-state index in [1.54, 1.807) is 25.3 Å². The van der Waals surface area contributed by atoms with Crippen LogP contribution in [0.4, 0.5) is 5.69 Å². The highest BCUT2D eigenvalue weighted by molar-refractivity contribution is 6.04. The summed E-state index contributed by atoms with van der Waals surface area (Å²) in [7, 11) is 1.61. The third-order valence-corrected chi connectivity index (χ3v) is 4.69. The molecule has 1 N–H and O–H groups in total. The van der Waals surface area contributed by atoms with Crippen molar-refractivity contribution in [2.45, 2.75) is 32.8 Å². The topological polar surface area (TPSA) is 47.6 Å². The fourth-order valence-corrected chi connectivity index (χ4v) is 2.97. The van der Waals surface area contributed by atoms with E-state index in [0.717, 1.165) is 17.0 Å². The minimum Gasteiger partial charge on any atom is -0.496 e. The fraction of sp³-hybridized carbons (Fsp3) is 0.240. The molecular formula is C25H27NO3. The van der Waals surface area contributed by atoms with Crippen LogP contribution in [0.25, 0.3) is 0 Å². The number of carbonyl (C=O) groups is 1. The van der Waals surface area contributed by atoms with Crippen LogP contribution in [-0.2, 0) is 12.0 Å². The van der Waals surface area contributed by atoms with Gasteiger partial charge in [0.05, 0.1) is 7.11 Å². The summed E-state index contributed by atoms with van der Waals surface area (Å²) >= 11 is 0. The van der Waals surface area contributed by atoms with Crippen LogP contribution in [0, 0.1) is 0 Å². The molecule has 0 aliphatic rings. The molecule has 0 spiro atoms. The number of hydrogen-bond donors (Lipinski definition) is 1.